The molecular formula is C17H12INO2. The Bertz CT molecular complexity index is 761. The monoisotopic (exact) mass is 389 g/mol. The van der Waals surface area contributed by atoms with Crippen LogP contribution in [0.5, 0.6) is 0 Å². The average Bonchev–Trinajstić information content (AvgIpc) is 2.83. The largest absolute Gasteiger partial charge is 0.402 e. The standard InChI is InChI=1S/C17H12INO2/c1-11-5-7-12(8-6-11)9-15-17(20)21-16(19-15)13-3-2-4-14(18)10-13/h2-10H,1H3/b15-9+. The molecule has 0 spiro atoms. The van der Waals surface area contributed by atoms with Crippen LogP contribution in [0.1, 0.15) is 16.7 Å². The van der Waals surface area contributed by atoms with E-state index < -0.39 is 5.97 Å². The molecule has 2 aromatic rings. The van der Waals surface area contributed by atoms with Gasteiger partial charge < -0.3 is 4.74 Å². The molecule has 104 valence electrons. The second-order valence-corrected chi connectivity index (χ2v) is 6.00. The van der Waals surface area contributed by atoms with Crippen molar-refractivity contribution in [1.29, 1.82) is 0 Å². The molecule has 0 saturated carbocycles. The van der Waals surface area contributed by atoms with Gasteiger partial charge in [0, 0.05) is 9.13 Å². The van der Waals surface area contributed by atoms with E-state index in [-0.39, 0.29) is 0 Å². The lowest BCUT2D eigenvalue weighted by Crippen LogP contribution is -2.05. The van der Waals surface area contributed by atoms with E-state index in [9.17, 15) is 4.79 Å². The zero-order valence-electron chi connectivity index (χ0n) is 11.3. The normalized spacial score (nSPS) is 16.0. The van der Waals surface area contributed by atoms with Crippen LogP contribution in [0, 0.1) is 10.5 Å². The van der Waals surface area contributed by atoms with Crippen molar-refractivity contribution < 1.29 is 9.53 Å². The number of hydrogen-bond donors (Lipinski definition) is 0. The van der Waals surface area contributed by atoms with Crippen molar-refractivity contribution in [2.45, 2.75) is 6.92 Å². The van der Waals surface area contributed by atoms with Crippen LogP contribution in [0.2, 0.25) is 0 Å². The van der Waals surface area contributed by atoms with Crippen molar-refractivity contribution in [1.82, 2.24) is 0 Å². The minimum atomic E-state index is -0.413. The minimum absolute atomic E-state index is 0.327. The molecule has 21 heavy (non-hydrogen) atoms. The summed E-state index contributed by atoms with van der Waals surface area (Å²) in [6.45, 7) is 2.02. The van der Waals surface area contributed by atoms with Crippen molar-refractivity contribution in [2.24, 2.45) is 4.99 Å². The van der Waals surface area contributed by atoms with Crippen molar-refractivity contribution in [2.75, 3.05) is 0 Å². The minimum Gasteiger partial charge on any atom is -0.402 e. The van der Waals surface area contributed by atoms with Gasteiger partial charge in [0.15, 0.2) is 5.70 Å². The van der Waals surface area contributed by atoms with Crippen LogP contribution in [0.4, 0.5) is 0 Å². The number of nitrogens with zero attached hydrogens (tertiary/aromatic N) is 1. The van der Waals surface area contributed by atoms with Crippen LogP contribution in [-0.2, 0) is 9.53 Å². The molecule has 0 unspecified atom stereocenters. The summed E-state index contributed by atoms with van der Waals surface area (Å²) >= 11 is 2.21. The third-order valence-corrected chi connectivity index (χ3v) is 3.74. The number of cyclic esters (lactones) is 1. The molecular weight excluding hydrogens is 377 g/mol. The number of benzene rings is 2. The Labute approximate surface area is 136 Å². The van der Waals surface area contributed by atoms with Crippen molar-refractivity contribution in [3.63, 3.8) is 0 Å². The van der Waals surface area contributed by atoms with Gasteiger partial charge in [0.1, 0.15) is 0 Å². The van der Waals surface area contributed by atoms with Gasteiger partial charge in [0.2, 0.25) is 5.90 Å². The van der Waals surface area contributed by atoms with E-state index in [1.807, 2.05) is 55.5 Å². The second-order valence-electron chi connectivity index (χ2n) is 4.76. The fourth-order valence-corrected chi connectivity index (χ4v) is 2.52. The van der Waals surface area contributed by atoms with E-state index in [0.29, 0.717) is 11.6 Å². The third-order valence-electron chi connectivity index (χ3n) is 3.07. The Morgan fingerprint density at radius 3 is 2.62 bits per heavy atom. The second kappa shape index (κ2) is 5.81. The van der Waals surface area contributed by atoms with Crippen LogP contribution in [0.15, 0.2) is 59.2 Å². The first kappa shape index (κ1) is 14.0. The Kier molecular flexibility index (Phi) is 3.88. The molecule has 0 aromatic heterocycles. The zero-order chi connectivity index (χ0) is 14.8. The first-order chi connectivity index (χ1) is 10.1. The molecule has 3 nitrogen and oxygen atoms in total. The zero-order valence-corrected chi connectivity index (χ0v) is 13.5. The maximum Gasteiger partial charge on any atom is 0.363 e. The Morgan fingerprint density at radius 2 is 1.90 bits per heavy atom. The van der Waals surface area contributed by atoms with E-state index in [0.717, 1.165) is 14.7 Å². The lowest BCUT2D eigenvalue weighted by atomic mass is 10.1. The predicted molar refractivity (Wildman–Crippen MR) is 90.9 cm³/mol. The van der Waals surface area contributed by atoms with Crippen LogP contribution >= 0.6 is 22.6 Å². The fourth-order valence-electron chi connectivity index (χ4n) is 1.97. The van der Waals surface area contributed by atoms with Crippen LogP contribution in [0.3, 0.4) is 0 Å². The van der Waals surface area contributed by atoms with Crippen molar-refractivity contribution in [3.05, 3.63) is 74.5 Å². The third kappa shape index (κ3) is 3.21. The van der Waals surface area contributed by atoms with E-state index in [1.54, 1.807) is 6.08 Å². The van der Waals surface area contributed by atoms with Gasteiger partial charge >= 0.3 is 5.97 Å². The summed E-state index contributed by atoms with van der Waals surface area (Å²) < 4.78 is 6.32. The summed E-state index contributed by atoms with van der Waals surface area (Å²) in [6, 6.07) is 15.6. The first-order valence-corrected chi connectivity index (χ1v) is 7.55. The summed E-state index contributed by atoms with van der Waals surface area (Å²) in [5, 5.41) is 0. The number of carbonyl (C=O) groups is 1. The number of esters is 1. The summed E-state index contributed by atoms with van der Waals surface area (Å²) in [7, 11) is 0. The lowest BCUT2D eigenvalue weighted by molar-refractivity contribution is -0.129. The highest BCUT2D eigenvalue weighted by Crippen LogP contribution is 2.20. The molecule has 0 aliphatic carbocycles. The Balaban J connectivity index is 1.93. The summed E-state index contributed by atoms with van der Waals surface area (Å²) in [5.41, 5.74) is 3.24. The van der Waals surface area contributed by atoms with Gasteiger partial charge in [0.05, 0.1) is 0 Å². The SMILES string of the molecule is Cc1ccc(/C=C2/N=C(c3cccc(I)c3)OC2=O)cc1. The molecule has 4 heteroatoms. The smallest absolute Gasteiger partial charge is 0.363 e. The van der Waals surface area contributed by atoms with E-state index >= 15 is 0 Å². The van der Waals surface area contributed by atoms with E-state index in [1.165, 1.54) is 5.56 Å². The number of halogens is 1. The maximum atomic E-state index is 11.9. The van der Waals surface area contributed by atoms with Gasteiger partial charge in [-0.1, -0.05) is 35.9 Å². The Morgan fingerprint density at radius 1 is 1.14 bits per heavy atom. The number of aryl methyl sites for hydroxylation is 1. The molecule has 1 aliphatic heterocycles. The number of aliphatic imine (C=N–C) groups is 1. The summed E-state index contributed by atoms with van der Waals surface area (Å²) in [6.07, 6.45) is 1.74. The number of hydrogen-bond acceptors (Lipinski definition) is 3. The first-order valence-electron chi connectivity index (χ1n) is 6.47. The highest BCUT2D eigenvalue weighted by Gasteiger charge is 2.24. The van der Waals surface area contributed by atoms with Crippen LogP contribution < -0.4 is 0 Å². The molecule has 3 rings (SSSR count). The molecule has 0 N–H and O–H groups in total. The molecule has 0 saturated heterocycles. The van der Waals surface area contributed by atoms with Crippen LogP contribution in [0.25, 0.3) is 6.08 Å². The van der Waals surface area contributed by atoms with E-state index in [2.05, 4.69) is 27.6 Å². The van der Waals surface area contributed by atoms with Gasteiger partial charge in [-0.15, -0.1) is 0 Å². The molecule has 0 fully saturated rings. The topological polar surface area (TPSA) is 38.7 Å². The lowest BCUT2D eigenvalue weighted by Gasteiger charge is -1.99. The molecule has 1 heterocycles. The number of carbonyl (C=O) groups excluding carboxylic acids is 1. The average molecular weight is 389 g/mol. The van der Waals surface area contributed by atoms with Gasteiger partial charge in [-0.25, -0.2) is 9.79 Å². The molecule has 2 aromatic carbocycles. The summed E-state index contributed by atoms with van der Waals surface area (Å²) in [5.74, 6) is -0.0543. The molecule has 0 atom stereocenters. The summed E-state index contributed by atoms with van der Waals surface area (Å²) in [4.78, 5) is 16.2. The number of ether oxygens (including phenoxy) is 1. The molecule has 1 aliphatic rings. The van der Waals surface area contributed by atoms with Gasteiger partial charge in [-0.05, 0) is 59.4 Å². The van der Waals surface area contributed by atoms with Crippen LogP contribution in [-0.4, -0.2) is 11.9 Å². The maximum absolute atomic E-state index is 11.9. The molecule has 0 radical (unpaired) electrons. The van der Waals surface area contributed by atoms with Crippen molar-refractivity contribution in [3.8, 4) is 0 Å². The van der Waals surface area contributed by atoms with Gasteiger partial charge in [0.25, 0.3) is 0 Å². The molecule has 0 amide bonds. The fraction of sp³-hybridized carbons (Fsp3) is 0.0588. The van der Waals surface area contributed by atoms with Gasteiger partial charge in [-0.3, -0.25) is 0 Å². The highest BCUT2D eigenvalue weighted by molar-refractivity contribution is 14.1. The Hall–Kier alpha value is -1.95. The van der Waals surface area contributed by atoms with Crippen molar-refractivity contribution >= 4 is 40.5 Å². The molecule has 0 bridgehead atoms. The van der Waals surface area contributed by atoms with E-state index in [4.69, 9.17) is 4.74 Å². The highest BCUT2D eigenvalue weighted by atomic mass is 127. The predicted octanol–water partition coefficient (Wildman–Crippen LogP) is 3.94. The van der Waals surface area contributed by atoms with Gasteiger partial charge in [-0.2, -0.15) is 0 Å². The quantitative estimate of drug-likeness (QED) is 0.443. The number of rotatable bonds is 2.